The first-order chi connectivity index (χ1) is 11.1. The van der Waals surface area contributed by atoms with E-state index in [4.69, 9.17) is 0 Å². The minimum Gasteiger partial charge on any atom is -0.353 e. The van der Waals surface area contributed by atoms with Gasteiger partial charge in [-0.2, -0.15) is 0 Å². The molecule has 1 aliphatic rings. The Morgan fingerprint density at radius 3 is 2.61 bits per heavy atom. The molecule has 1 fully saturated rings. The van der Waals surface area contributed by atoms with Gasteiger partial charge < -0.3 is 14.7 Å². The molecule has 6 nitrogen and oxygen atoms in total. The number of amides is 1. The quantitative estimate of drug-likeness (QED) is 0.763. The van der Waals surface area contributed by atoms with Gasteiger partial charge >= 0.3 is 0 Å². The Bertz CT molecular complexity index is 500. The van der Waals surface area contributed by atoms with Crippen molar-refractivity contribution in [1.29, 1.82) is 0 Å². The maximum atomic E-state index is 12.3. The second-order valence-corrected chi connectivity index (χ2v) is 6.29. The highest BCUT2D eigenvalue weighted by Gasteiger charge is 2.21. The van der Waals surface area contributed by atoms with E-state index in [1.807, 2.05) is 17.9 Å². The summed E-state index contributed by atoms with van der Waals surface area (Å²) in [4.78, 5) is 27.3. The van der Waals surface area contributed by atoms with E-state index in [1.165, 1.54) is 12.8 Å². The predicted octanol–water partition coefficient (Wildman–Crippen LogP) is 1.56. The van der Waals surface area contributed by atoms with Crippen molar-refractivity contribution in [2.45, 2.75) is 33.1 Å². The molecule has 0 radical (unpaired) electrons. The standard InChI is InChI=1S/C17H29N5O/c1-4-5-7-20(3)8-6-17(23)22-11-9-21(10-12-22)16-13-15(2)18-14-19-16/h13-14H,4-12H2,1-3H3. The summed E-state index contributed by atoms with van der Waals surface area (Å²) in [6.07, 6.45) is 4.62. The topological polar surface area (TPSA) is 52.6 Å². The third-order valence-corrected chi connectivity index (χ3v) is 4.35. The number of anilines is 1. The highest BCUT2D eigenvalue weighted by atomic mass is 16.2. The van der Waals surface area contributed by atoms with Crippen LogP contribution in [0.5, 0.6) is 0 Å². The first kappa shape index (κ1) is 17.7. The first-order valence-electron chi connectivity index (χ1n) is 8.60. The number of carbonyl (C=O) groups excluding carboxylic acids is 1. The molecule has 0 unspecified atom stereocenters. The zero-order chi connectivity index (χ0) is 16.7. The lowest BCUT2D eigenvalue weighted by molar-refractivity contribution is -0.131. The molecule has 6 heteroatoms. The Hall–Kier alpha value is -1.69. The summed E-state index contributed by atoms with van der Waals surface area (Å²) in [6.45, 7) is 9.33. The zero-order valence-corrected chi connectivity index (χ0v) is 14.7. The van der Waals surface area contributed by atoms with E-state index in [0.29, 0.717) is 6.42 Å². The van der Waals surface area contributed by atoms with Gasteiger partial charge in [0.15, 0.2) is 0 Å². The lowest BCUT2D eigenvalue weighted by Crippen LogP contribution is -2.49. The number of piperazine rings is 1. The average molecular weight is 319 g/mol. The smallest absolute Gasteiger partial charge is 0.223 e. The molecule has 1 aromatic rings. The van der Waals surface area contributed by atoms with E-state index < -0.39 is 0 Å². The molecule has 0 atom stereocenters. The summed E-state index contributed by atoms with van der Waals surface area (Å²) < 4.78 is 0. The van der Waals surface area contributed by atoms with Crippen LogP contribution < -0.4 is 4.90 Å². The van der Waals surface area contributed by atoms with Gasteiger partial charge in [-0.15, -0.1) is 0 Å². The van der Waals surface area contributed by atoms with E-state index in [9.17, 15) is 4.79 Å². The van der Waals surface area contributed by atoms with Gasteiger partial charge in [0, 0.05) is 50.9 Å². The van der Waals surface area contributed by atoms with Crippen LogP contribution in [-0.4, -0.2) is 72.0 Å². The van der Waals surface area contributed by atoms with E-state index in [1.54, 1.807) is 6.33 Å². The summed E-state index contributed by atoms with van der Waals surface area (Å²) in [6, 6.07) is 2.00. The van der Waals surface area contributed by atoms with Crippen LogP contribution in [0.15, 0.2) is 12.4 Å². The SMILES string of the molecule is CCCCN(C)CCC(=O)N1CCN(c2cc(C)ncn2)CC1. The molecule has 2 rings (SSSR count). The van der Waals surface area contributed by atoms with Crippen LogP contribution in [0.25, 0.3) is 0 Å². The molecule has 0 saturated carbocycles. The average Bonchev–Trinajstić information content (AvgIpc) is 2.58. The minimum atomic E-state index is 0.270. The highest BCUT2D eigenvalue weighted by molar-refractivity contribution is 5.76. The zero-order valence-electron chi connectivity index (χ0n) is 14.7. The van der Waals surface area contributed by atoms with Crippen LogP contribution in [-0.2, 0) is 4.79 Å². The molecule has 0 bridgehead atoms. The van der Waals surface area contributed by atoms with Crippen LogP contribution >= 0.6 is 0 Å². The van der Waals surface area contributed by atoms with Gasteiger partial charge in [0.2, 0.25) is 5.91 Å². The summed E-state index contributed by atoms with van der Waals surface area (Å²) >= 11 is 0. The van der Waals surface area contributed by atoms with Gasteiger partial charge in [0.1, 0.15) is 12.1 Å². The Morgan fingerprint density at radius 2 is 1.96 bits per heavy atom. The molecule has 0 N–H and O–H groups in total. The third-order valence-electron chi connectivity index (χ3n) is 4.35. The highest BCUT2D eigenvalue weighted by Crippen LogP contribution is 2.14. The van der Waals surface area contributed by atoms with Crippen molar-refractivity contribution in [1.82, 2.24) is 19.8 Å². The van der Waals surface area contributed by atoms with E-state index >= 15 is 0 Å². The van der Waals surface area contributed by atoms with Gasteiger partial charge in [-0.3, -0.25) is 4.79 Å². The molecule has 1 saturated heterocycles. The minimum absolute atomic E-state index is 0.270. The largest absolute Gasteiger partial charge is 0.353 e. The number of nitrogens with zero attached hydrogens (tertiary/aromatic N) is 5. The molecule has 0 aromatic carbocycles. The van der Waals surface area contributed by atoms with Crippen LogP contribution in [0.1, 0.15) is 31.9 Å². The molecule has 23 heavy (non-hydrogen) atoms. The maximum absolute atomic E-state index is 12.3. The van der Waals surface area contributed by atoms with Gasteiger partial charge in [-0.1, -0.05) is 13.3 Å². The predicted molar refractivity (Wildman–Crippen MR) is 92.6 cm³/mol. The van der Waals surface area contributed by atoms with Crippen molar-refractivity contribution in [3.63, 3.8) is 0 Å². The Balaban J connectivity index is 1.74. The van der Waals surface area contributed by atoms with E-state index in [0.717, 1.165) is 50.8 Å². The molecule has 2 heterocycles. The maximum Gasteiger partial charge on any atom is 0.223 e. The number of carbonyl (C=O) groups is 1. The van der Waals surface area contributed by atoms with Crippen molar-refractivity contribution in [2.24, 2.45) is 0 Å². The number of aryl methyl sites for hydroxylation is 1. The third kappa shape index (κ3) is 5.46. The van der Waals surface area contributed by atoms with Crippen LogP contribution in [0, 0.1) is 6.92 Å². The molecule has 1 amide bonds. The van der Waals surface area contributed by atoms with Crippen molar-refractivity contribution in [2.75, 3.05) is 51.2 Å². The second kappa shape index (κ2) is 8.82. The lowest BCUT2D eigenvalue weighted by atomic mass is 10.2. The summed E-state index contributed by atoms with van der Waals surface area (Å²) in [5.41, 5.74) is 0.976. The van der Waals surface area contributed by atoms with Crippen LogP contribution in [0.3, 0.4) is 0 Å². The van der Waals surface area contributed by atoms with Gasteiger partial charge in [0.05, 0.1) is 0 Å². The van der Waals surface area contributed by atoms with Gasteiger partial charge in [0.25, 0.3) is 0 Å². The van der Waals surface area contributed by atoms with Crippen molar-refractivity contribution < 1.29 is 4.79 Å². The summed E-state index contributed by atoms with van der Waals surface area (Å²) in [5, 5.41) is 0. The van der Waals surface area contributed by atoms with Gasteiger partial charge in [-0.05, 0) is 26.9 Å². The number of unbranched alkanes of at least 4 members (excludes halogenated alkanes) is 1. The first-order valence-corrected chi connectivity index (χ1v) is 8.60. The Labute approximate surface area is 139 Å². The summed E-state index contributed by atoms with van der Waals surface area (Å²) in [5.74, 6) is 1.23. The summed E-state index contributed by atoms with van der Waals surface area (Å²) in [7, 11) is 2.10. The van der Waals surface area contributed by atoms with Crippen LogP contribution in [0.2, 0.25) is 0 Å². The van der Waals surface area contributed by atoms with Crippen molar-refractivity contribution in [3.8, 4) is 0 Å². The van der Waals surface area contributed by atoms with Crippen molar-refractivity contribution in [3.05, 3.63) is 18.1 Å². The fraction of sp³-hybridized carbons (Fsp3) is 0.706. The number of hydrogen-bond donors (Lipinski definition) is 0. The Morgan fingerprint density at radius 1 is 1.22 bits per heavy atom. The molecular weight excluding hydrogens is 290 g/mol. The number of aromatic nitrogens is 2. The number of rotatable bonds is 7. The fourth-order valence-corrected chi connectivity index (χ4v) is 2.78. The molecule has 128 valence electrons. The molecular formula is C17H29N5O. The monoisotopic (exact) mass is 319 g/mol. The molecule has 1 aromatic heterocycles. The fourth-order valence-electron chi connectivity index (χ4n) is 2.78. The van der Waals surface area contributed by atoms with Gasteiger partial charge in [-0.25, -0.2) is 9.97 Å². The molecule has 0 spiro atoms. The molecule has 1 aliphatic heterocycles. The second-order valence-electron chi connectivity index (χ2n) is 6.29. The van der Waals surface area contributed by atoms with E-state index in [2.05, 4.69) is 33.7 Å². The number of hydrogen-bond acceptors (Lipinski definition) is 5. The lowest BCUT2D eigenvalue weighted by Gasteiger charge is -2.35. The van der Waals surface area contributed by atoms with E-state index in [-0.39, 0.29) is 5.91 Å². The normalized spacial score (nSPS) is 15.3. The molecule has 0 aliphatic carbocycles. The Kier molecular flexibility index (Phi) is 6.77. The van der Waals surface area contributed by atoms with Crippen LogP contribution in [0.4, 0.5) is 5.82 Å². The van der Waals surface area contributed by atoms with Crippen molar-refractivity contribution >= 4 is 11.7 Å².